The van der Waals surface area contributed by atoms with E-state index in [1.54, 1.807) is 0 Å². The number of hydrogen-bond donors (Lipinski definition) is 0. The SMILES string of the molecule is [3H]c1cc(F)ccc1C([N+]#[C-])Sc1ccc(C)cc1. The molecule has 1 nitrogen and oxygen atoms in total. The summed E-state index contributed by atoms with van der Waals surface area (Å²) in [4.78, 5) is 4.50. The van der Waals surface area contributed by atoms with E-state index in [1.807, 2.05) is 31.2 Å². The lowest BCUT2D eigenvalue weighted by Crippen LogP contribution is -1.88. The topological polar surface area (TPSA) is 4.36 Å². The van der Waals surface area contributed by atoms with Crippen molar-refractivity contribution in [2.24, 2.45) is 0 Å². The number of aryl methyl sites for hydroxylation is 1. The van der Waals surface area contributed by atoms with E-state index in [1.165, 1.54) is 23.9 Å². The van der Waals surface area contributed by atoms with Gasteiger partial charge in [-0.3, -0.25) is 4.85 Å². The normalized spacial score (nSPS) is 12.6. The van der Waals surface area contributed by atoms with Gasteiger partial charge in [-0.25, -0.2) is 11.0 Å². The number of hydrogen-bond acceptors (Lipinski definition) is 1. The van der Waals surface area contributed by atoms with Gasteiger partial charge in [0, 0.05) is 10.5 Å². The highest BCUT2D eigenvalue weighted by Crippen LogP contribution is 2.36. The Morgan fingerprint density at radius 2 is 1.94 bits per heavy atom. The fraction of sp³-hybridized carbons (Fsp3) is 0.133. The maximum atomic E-state index is 13.0. The first kappa shape index (κ1) is 11.3. The number of nitrogens with zero attached hydrogens (tertiary/aromatic N) is 1. The van der Waals surface area contributed by atoms with Crippen LogP contribution in [0, 0.1) is 19.3 Å². The van der Waals surface area contributed by atoms with Gasteiger partial charge < -0.3 is 0 Å². The molecule has 3 heteroatoms. The number of thioether (sulfide) groups is 1. The van der Waals surface area contributed by atoms with Crippen molar-refractivity contribution in [2.75, 3.05) is 0 Å². The number of benzene rings is 2. The second kappa shape index (κ2) is 5.70. The quantitative estimate of drug-likeness (QED) is 0.563. The van der Waals surface area contributed by atoms with Gasteiger partial charge in [0.1, 0.15) is 5.82 Å². The van der Waals surface area contributed by atoms with Gasteiger partial charge >= 0.3 is 0 Å². The van der Waals surface area contributed by atoms with Crippen LogP contribution in [-0.4, -0.2) is 0 Å². The largest absolute Gasteiger partial charge is 0.298 e. The molecule has 0 spiro atoms. The molecule has 0 saturated heterocycles. The second-order valence-corrected chi connectivity index (χ2v) is 5.03. The van der Waals surface area contributed by atoms with Gasteiger partial charge in [-0.15, -0.1) is 0 Å². The molecule has 2 aromatic carbocycles. The van der Waals surface area contributed by atoms with E-state index in [9.17, 15) is 4.39 Å². The van der Waals surface area contributed by atoms with Crippen LogP contribution in [-0.2, 0) is 0 Å². The zero-order valence-corrected chi connectivity index (χ0v) is 10.7. The van der Waals surface area contributed by atoms with Crippen LogP contribution in [0.3, 0.4) is 0 Å². The van der Waals surface area contributed by atoms with E-state index in [0.29, 0.717) is 5.56 Å². The summed E-state index contributed by atoms with van der Waals surface area (Å²) in [5.41, 5.74) is 1.70. The van der Waals surface area contributed by atoms with Crippen molar-refractivity contribution in [3.8, 4) is 0 Å². The lowest BCUT2D eigenvalue weighted by Gasteiger charge is -2.06. The Bertz CT molecular complexity index is 619. The van der Waals surface area contributed by atoms with Gasteiger partial charge in [0.2, 0.25) is 0 Å². The Hall–Kier alpha value is -1.79. The molecular formula is C15H12FNS. The van der Waals surface area contributed by atoms with Gasteiger partial charge in [0.25, 0.3) is 5.37 Å². The molecule has 0 amide bonds. The molecule has 2 rings (SSSR count). The molecule has 0 aliphatic carbocycles. The third-order valence-corrected chi connectivity index (χ3v) is 3.58. The maximum absolute atomic E-state index is 13.0. The van der Waals surface area contributed by atoms with E-state index in [4.69, 9.17) is 7.94 Å². The van der Waals surface area contributed by atoms with Crippen molar-refractivity contribution in [1.29, 1.82) is 0 Å². The molecule has 0 heterocycles. The summed E-state index contributed by atoms with van der Waals surface area (Å²) in [7, 11) is 0. The summed E-state index contributed by atoms with van der Waals surface area (Å²) < 4.78 is 20.7. The van der Waals surface area contributed by atoms with Crippen molar-refractivity contribution in [2.45, 2.75) is 17.2 Å². The first-order chi connectivity index (χ1) is 9.10. The minimum Gasteiger partial charge on any atom is -0.296 e. The molecule has 0 aromatic heterocycles. The molecule has 1 atom stereocenters. The molecule has 0 aliphatic rings. The van der Waals surface area contributed by atoms with Crippen molar-refractivity contribution in [1.82, 2.24) is 0 Å². The third-order valence-electron chi connectivity index (χ3n) is 2.45. The Labute approximate surface area is 112 Å². The van der Waals surface area contributed by atoms with E-state index in [2.05, 4.69) is 4.85 Å². The molecular weight excluding hydrogens is 245 g/mol. The molecule has 0 saturated carbocycles. The zero-order chi connectivity index (χ0) is 13.8. The van der Waals surface area contributed by atoms with E-state index in [0.717, 1.165) is 16.5 Å². The summed E-state index contributed by atoms with van der Waals surface area (Å²) in [5, 5.41) is -0.518. The molecule has 90 valence electrons. The average molecular weight is 259 g/mol. The molecule has 0 aliphatic heterocycles. The second-order valence-electron chi connectivity index (χ2n) is 3.87. The van der Waals surface area contributed by atoms with Gasteiger partial charge in [-0.1, -0.05) is 17.7 Å². The fourth-order valence-corrected chi connectivity index (χ4v) is 2.35. The zero-order valence-electron chi connectivity index (χ0n) is 10.9. The van der Waals surface area contributed by atoms with Gasteiger partial charge in [-0.05, 0) is 55.1 Å². The first-order valence-corrected chi connectivity index (χ1v) is 6.34. The van der Waals surface area contributed by atoms with Crippen LogP contribution in [0.4, 0.5) is 4.39 Å². The van der Waals surface area contributed by atoms with Crippen LogP contribution in [0.1, 0.15) is 17.9 Å². The van der Waals surface area contributed by atoms with Crippen LogP contribution < -0.4 is 0 Å². The average Bonchev–Trinajstić information content (AvgIpc) is 2.39. The highest BCUT2D eigenvalue weighted by Gasteiger charge is 2.17. The highest BCUT2D eigenvalue weighted by molar-refractivity contribution is 7.99. The Balaban J connectivity index is 2.25. The van der Waals surface area contributed by atoms with Crippen LogP contribution in [0.15, 0.2) is 53.4 Å². The Morgan fingerprint density at radius 3 is 2.56 bits per heavy atom. The van der Waals surface area contributed by atoms with Crippen LogP contribution >= 0.6 is 11.8 Å². The van der Waals surface area contributed by atoms with Gasteiger partial charge in [0.15, 0.2) is 0 Å². The van der Waals surface area contributed by atoms with Crippen LogP contribution in [0.25, 0.3) is 4.85 Å². The lowest BCUT2D eigenvalue weighted by molar-refractivity contribution is 0.627. The molecule has 0 fully saturated rings. The van der Waals surface area contributed by atoms with Gasteiger partial charge in [-0.2, -0.15) is 0 Å². The van der Waals surface area contributed by atoms with Crippen molar-refractivity contribution >= 4 is 11.8 Å². The minimum atomic E-state index is -0.518. The van der Waals surface area contributed by atoms with E-state index < -0.39 is 11.2 Å². The molecule has 0 radical (unpaired) electrons. The van der Waals surface area contributed by atoms with Crippen LogP contribution in [0.2, 0.25) is 0 Å². The Morgan fingerprint density at radius 1 is 1.22 bits per heavy atom. The molecule has 0 bridgehead atoms. The van der Waals surface area contributed by atoms with Crippen molar-refractivity contribution in [3.05, 3.63) is 76.9 Å². The van der Waals surface area contributed by atoms with E-state index in [-0.39, 0.29) is 6.04 Å². The van der Waals surface area contributed by atoms with E-state index >= 15 is 0 Å². The smallest absolute Gasteiger partial charge is 0.296 e. The third kappa shape index (κ3) is 3.12. The molecule has 18 heavy (non-hydrogen) atoms. The molecule has 0 N–H and O–H groups in total. The van der Waals surface area contributed by atoms with Crippen molar-refractivity contribution < 1.29 is 5.76 Å². The monoisotopic (exact) mass is 259 g/mol. The summed E-state index contributed by atoms with van der Waals surface area (Å²) in [6, 6.07) is 11.9. The maximum Gasteiger partial charge on any atom is 0.298 e. The Kier molecular flexibility index (Phi) is 3.58. The summed E-state index contributed by atoms with van der Waals surface area (Å²) in [5.74, 6) is -0.446. The molecule has 2 aromatic rings. The summed E-state index contributed by atoms with van der Waals surface area (Å²) in [6.45, 7) is 9.27. The minimum absolute atomic E-state index is 0.0700. The van der Waals surface area contributed by atoms with Crippen molar-refractivity contribution in [3.63, 3.8) is 0 Å². The first-order valence-electron chi connectivity index (χ1n) is 5.96. The fourth-order valence-electron chi connectivity index (χ4n) is 1.48. The van der Waals surface area contributed by atoms with Gasteiger partial charge in [0.05, 0.1) is 1.37 Å². The summed E-state index contributed by atoms with van der Waals surface area (Å²) in [6.07, 6.45) is 0. The predicted molar refractivity (Wildman–Crippen MR) is 72.8 cm³/mol. The van der Waals surface area contributed by atoms with Crippen LogP contribution in [0.5, 0.6) is 0 Å². The number of halogens is 1. The lowest BCUT2D eigenvalue weighted by atomic mass is 10.2. The number of rotatable bonds is 3. The highest BCUT2D eigenvalue weighted by atomic mass is 32.2. The summed E-state index contributed by atoms with van der Waals surface area (Å²) >= 11 is 1.37. The standard InChI is InChI=1S/C15H12FNS/c1-11-3-9-14(10-4-11)18-15(17-2)12-5-7-13(16)8-6-12/h3-10,15H,1H3/i5T. The molecule has 1 unspecified atom stereocenters. The predicted octanol–water partition coefficient (Wildman–Crippen LogP) is 4.84.